The van der Waals surface area contributed by atoms with E-state index < -0.39 is 0 Å². The third kappa shape index (κ3) is 6.72. The van der Waals surface area contributed by atoms with Crippen LogP contribution in [0.1, 0.15) is 22.9 Å². The Balaban J connectivity index is 0.922. The summed E-state index contributed by atoms with van der Waals surface area (Å²) in [5, 5.41) is 13.8. The molecule has 300 valence electrons. The van der Waals surface area contributed by atoms with Gasteiger partial charge in [0.2, 0.25) is 0 Å². The molecule has 0 aliphatic carbocycles. The van der Waals surface area contributed by atoms with Crippen molar-refractivity contribution >= 4 is 54.8 Å². The highest BCUT2D eigenvalue weighted by Crippen LogP contribution is 2.41. The number of rotatable bonds is 7. The standard InChI is InChI=1S/C61H41N3/c1-3-14-40(15-4-1)41-28-32-46(33-29-41)60-62-59(45-17-5-2-6-18-45)63-61(64-60)49-20-13-19-48(38-49)51-36-34-43-16-7-8-21-50(43)58(51)44-30-26-42(27-31-44)47-35-37-56-54-24-10-9-22-52(54)53-23-11-12-25-55(53)57(56)39-47/h1-39,60H,(H,62,63,64). The van der Waals surface area contributed by atoms with Gasteiger partial charge in [-0.25, -0.2) is 9.98 Å². The molecular formula is C61H41N3. The normalized spacial score (nSPS) is 13.8. The van der Waals surface area contributed by atoms with Crippen molar-refractivity contribution in [3.63, 3.8) is 0 Å². The molecule has 3 heteroatoms. The average molecular weight is 816 g/mol. The van der Waals surface area contributed by atoms with Gasteiger partial charge >= 0.3 is 0 Å². The minimum absolute atomic E-state index is 0.313. The van der Waals surface area contributed by atoms with Crippen molar-refractivity contribution in [1.82, 2.24) is 5.32 Å². The van der Waals surface area contributed by atoms with E-state index in [0.29, 0.717) is 5.84 Å². The Morgan fingerprint density at radius 1 is 0.312 bits per heavy atom. The van der Waals surface area contributed by atoms with Crippen LogP contribution in [0.2, 0.25) is 0 Å². The summed E-state index contributed by atoms with van der Waals surface area (Å²) in [5.41, 5.74) is 12.5. The summed E-state index contributed by atoms with van der Waals surface area (Å²) in [5.74, 6) is 1.49. The quantitative estimate of drug-likeness (QED) is 0.160. The summed E-state index contributed by atoms with van der Waals surface area (Å²) in [6.07, 6.45) is -0.313. The van der Waals surface area contributed by atoms with E-state index >= 15 is 0 Å². The van der Waals surface area contributed by atoms with Crippen LogP contribution >= 0.6 is 0 Å². The Hall–Kier alpha value is -8.40. The fourth-order valence-electron chi connectivity index (χ4n) is 9.55. The van der Waals surface area contributed by atoms with E-state index in [1.165, 1.54) is 82.0 Å². The number of nitrogens with zero attached hydrogens (tertiary/aromatic N) is 2. The molecule has 64 heavy (non-hydrogen) atoms. The minimum atomic E-state index is -0.313. The molecule has 0 amide bonds. The topological polar surface area (TPSA) is 36.8 Å². The lowest BCUT2D eigenvalue weighted by molar-refractivity contribution is 0.674. The van der Waals surface area contributed by atoms with Crippen molar-refractivity contribution in [1.29, 1.82) is 0 Å². The van der Waals surface area contributed by atoms with Crippen LogP contribution < -0.4 is 5.32 Å². The van der Waals surface area contributed by atoms with E-state index in [1.807, 2.05) is 24.3 Å². The Labute approximate surface area is 372 Å². The minimum Gasteiger partial charge on any atom is -0.344 e. The van der Waals surface area contributed by atoms with E-state index in [1.54, 1.807) is 0 Å². The molecule has 1 aliphatic rings. The molecule has 0 saturated carbocycles. The Kier molecular flexibility index (Phi) is 9.23. The van der Waals surface area contributed by atoms with Gasteiger partial charge < -0.3 is 5.32 Å². The van der Waals surface area contributed by atoms with Crippen LogP contribution in [0.4, 0.5) is 0 Å². The Morgan fingerprint density at radius 2 is 0.812 bits per heavy atom. The molecule has 11 aromatic carbocycles. The summed E-state index contributed by atoms with van der Waals surface area (Å²) >= 11 is 0. The van der Waals surface area contributed by atoms with Gasteiger partial charge in [0.15, 0.2) is 5.84 Å². The number of amidine groups is 2. The second kappa shape index (κ2) is 15.8. The van der Waals surface area contributed by atoms with Gasteiger partial charge in [0, 0.05) is 11.1 Å². The van der Waals surface area contributed by atoms with Gasteiger partial charge in [0.1, 0.15) is 12.0 Å². The molecule has 1 unspecified atom stereocenters. The molecule has 0 fully saturated rings. The number of fused-ring (bicyclic) bond motifs is 7. The summed E-state index contributed by atoms with van der Waals surface area (Å²) in [6, 6.07) is 85.0. The molecule has 0 saturated heterocycles. The number of aliphatic imine (C=N–C) groups is 2. The number of nitrogens with one attached hydrogen (secondary N) is 1. The summed E-state index contributed by atoms with van der Waals surface area (Å²) in [4.78, 5) is 10.3. The fourth-order valence-corrected chi connectivity index (χ4v) is 9.55. The molecule has 1 atom stereocenters. The number of hydrogen-bond donors (Lipinski definition) is 1. The van der Waals surface area contributed by atoms with Crippen LogP contribution in [0.5, 0.6) is 0 Å². The first-order valence-electron chi connectivity index (χ1n) is 21.9. The largest absolute Gasteiger partial charge is 0.344 e. The predicted molar refractivity (Wildman–Crippen MR) is 270 cm³/mol. The maximum absolute atomic E-state index is 5.17. The van der Waals surface area contributed by atoms with Crippen LogP contribution in [0.3, 0.4) is 0 Å². The van der Waals surface area contributed by atoms with Crippen LogP contribution in [-0.2, 0) is 0 Å². The van der Waals surface area contributed by atoms with Crippen molar-refractivity contribution < 1.29 is 0 Å². The highest BCUT2D eigenvalue weighted by molar-refractivity contribution is 6.25. The van der Waals surface area contributed by atoms with Gasteiger partial charge in [-0.15, -0.1) is 0 Å². The lowest BCUT2D eigenvalue weighted by atomic mass is 9.88. The third-order valence-corrected chi connectivity index (χ3v) is 12.7. The van der Waals surface area contributed by atoms with Gasteiger partial charge in [-0.2, -0.15) is 0 Å². The molecular weight excluding hydrogens is 775 g/mol. The molecule has 0 spiro atoms. The first-order valence-corrected chi connectivity index (χ1v) is 21.9. The summed E-state index contributed by atoms with van der Waals surface area (Å²) in [6.45, 7) is 0. The van der Waals surface area contributed by atoms with Crippen molar-refractivity contribution in [3.05, 3.63) is 253 Å². The zero-order valence-electron chi connectivity index (χ0n) is 35.0. The van der Waals surface area contributed by atoms with Gasteiger partial charge in [-0.05, 0) is 105 Å². The molecule has 0 aromatic heterocycles. The SMILES string of the molecule is c1ccc(C2=NC(c3ccc(-c4ccccc4)cc3)NC(c3cccc(-c4ccc5ccccc5c4-c4ccc(-c5ccc6c7ccccc7c7ccccc7c6c5)cc4)c3)=N2)cc1. The van der Waals surface area contributed by atoms with E-state index in [2.05, 4.69) is 218 Å². The molecule has 1 aliphatic heterocycles. The zero-order valence-corrected chi connectivity index (χ0v) is 35.0. The van der Waals surface area contributed by atoms with Crippen molar-refractivity contribution in [2.75, 3.05) is 0 Å². The average Bonchev–Trinajstić information content (AvgIpc) is 3.39. The van der Waals surface area contributed by atoms with Crippen molar-refractivity contribution in [2.24, 2.45) is 9.98 Å². The highest BCUT2D eigenvalue weighted by Gasteiger charge is 2.22. The van der Waals surface area contributed by atoms with E-state index in [0.717, 1.165) is 28.1 Å². The van der Waals surface area contributed by atoms with Gasteiger partial charge in [0.05, 0.1) is 0 Å². The fraction of sp³-hybridized carbons (Fsp3) is 0.0164. The Morgan fingerprint density at radius 3 is 1.52 bits per heavy atom. The first-order chi connectivity index (χ1) is 31.7. The van der Waals surface area contributed by atoms with Crippen LogP contribution in [0.15, 0.2) is 247 Å². The van der Waals surface area contributed by atoms with Gasteiger partial charge in [0.25, 0.3) is 0 Å². The Bertz CT molecular complexity index is 3570. The smallest absolute Gasteiger partial charge is 0.159 e. The molecule has 0 radical (unpaired) electrons. The van der Waals surface area contributed by atoms with E-state index in [4.69, 9.17) is 9.98 Å². The third-order valence-electron chi connectivity index (χ3n) is 12.7. The second-order valence-corrected chi connectivity index (χ2v) is 16.5. The molecule has 1 N–H and O–H groups in total. The maximum atomic E-state index is 5.17. The predicted octanol–water partition coefficient (Wildman–Crippen LogP) is 15.5. The molecule has 3 nitrogen and oxygen atoms in total. The lowest BCUT2D eigenvalue weighted by Crippen LogP contribution is -2.33. The first kappa shape index (κ1) is 37.4. The van der Waals surface area contributed by atoms with E-state index in [-0.39, 0.29) is 6.17 Å². The zero-order chi connectivity index (χ0) is 42.4. The summed E-state index contributed by atoms with van der Waals surface area (Å²) < 4.78 is 0. The van der Waals surface area contributed by atoms with Crippen molar-refractivity contribution in [3.8, 4) is 44.5 Å². The van der Waals surface area contributed by atoms with Crippen LogP contribution in [-0.4, -0.2) is 11.7 Å². The van der Waals surface area contributed by atoms with Gasteiger partial charge in [-0.3, -0.25) is 0 Å². The molecule has 12 rings (SSSR count). The molecule has 1 heterocycles. The molecule has 0 bridgehead atoms. The number of hydrogen-bond acceptors (Lipinski definition) is 3. The highest BCUT2D eigenvalue weighted by atomic mass is 15.2. The number of benzene rings is 11. The molecule has 11 aromatic rings. The lowest BCUT2D eigenvalue weighted by Gasteiger charge is -2.24. The van der Waals surface area contributed by atoms with Crippen molar-refractivity contribution in [2.45, 2.75) is 6.17 Å². The maximum Gasteiger partial charge on any atom is 0.159 e. The van der Waals surface area contributed by atoms with Crippen LogP contribution in [0.25, 0.3) is 87.6 Å². The summed E-state index contributed by atoms with van der Waals surface area (Å²) in [7, 11) is 0. The van der Waals surface area contributed by atoms with Gasteiger partial charge in [-0.1, -0.05) is 224 Å². The van der Waals surface area contributed by atoms with E-state index in [9.17, 15) is 0 Å². The second-order valence-electron chi connectivity index (χ2n) is 16.5. The van der Waals surface area contributed by atoms with Crippen LogP contribution in [0, 0.1) is 0 Å². The monoisotopic (exact) mass is 815 g/mol.